The lowest BCUT2D eigenvalue weighted by molar-refractivity contribution is 0.0887. The zero-order valence-electron chi connectivity index (χ0n) is 12.0. The second kappa shape index (κ2) is 6.57. The summed E-state index contributed by atoms with van der Waals surface area (Å²) in [4.78, 5) is 13.1. The number of nitrogens with one attached hydrogen (secondary N) is 1. The molecule has 0 spiro atoms. The molecule has 110 valence electrons. The Kier molecular flexibility index (Phi) is 5.57. The first-order valence-corrected chi connectivity index (χ1v) is 7.29. The van der Waals surface area contributed by atoms with E-state index in [-0.39, 0.29) is 29.8 Å². The third kappa shape index (κ3) is 3.32. The molecule has 20 heavy (non-hydrogen) atoms. The van der Waals surface area contributed by atoms with Crippen LogP contribution in [0.25, 0.3) is 10.1 Å². The van der Waals surface area contributed by atoms with Gasteiger partial charge in [-0.25, -0.2) is 0 Å². The molecule has 0 radical (unpaired) electrons. The van der Waals surface area contributed by atoms with E-state index in [2.05, 4.69) is 19.2 Å². The van der Waals surface area contributed by atoms with E-state index >= 15 is 0 Å². The maximum absolute atomic E-state index is 12.3. The lowest BCUT2D eigenvalue weighted by atomic mass is 9.88. The van der Waals surface area contributed by atoms with Crippen LogP contribution in [0.1, 0.15) is 30.4 Å². The van der Waals surface area contributed by atoms with Crippen molar-refractivity contribution in [2.75, 3.05) is 6.54 Å². The Labute approximate surface area is 130 Å². The monoisotopic (exact) mass is 312 g/mol. The first kappa shape index (κ1) is 17.0. The molecule has 0 aliphatic carbocycles. The van der Waals surface area contributed by atoms with Crippen LogP contribution in [0.15, 0.2) is 30.3 Å². The number of amides is 1. The van der Waals surface area contributed by atoms with Gasteiger partial charge in [-0.2, -0.15) is 0 Å². The molecule has 1 amide bonds. The van der Waals surface area contributed by atoms with E-state index in [1.165, 1.54) is 11.3 Å². The van der Waals surface area contributed by atoms with Gasteiger partial charge in [0.1, 0.15) is 0 Å². The van der Waals surface area contributed by atoms with E-state index in [4.69, 9.17) is 5.73 Å². The highest BCUT2D eigenvalue weighted by Crippen LogP contribution is 2.26. The maximum atomic E-state index is 12.3. The molecule has 2 aromatic rings. The molecule has 1 unspecified atom stereocenters. The van der Waals surface area contributed by atoms with Crippen molar-refractivity contribution in [3.05, 3.63) is 35.2 Å². The van der Waals surface area contributed by atoms with Gasteiger partial charge in [0.05, 0.1) is 10.4 Å². The molecule has 1 atom stereocenters. The molecule has 1 aromatic heterocycles. The largest absolute Gasteiger partial charge is 0.345 e. The second-order valence-corrected chi connectivity index (χ2v) is 6.46. The standard InChI is InChI=1S/C15H20N2OS.ClH/c1-10(2)15(3,9-16)17-14(18)13-8-11-6-4-5-7-12(11)19-13;/h4-8,10H,9,16H2,1-3H3,(H,17,18);1H. The minimum absolute atomic E-state index is 0. The summed E-state index contributed by atoms with van der Waals surface area (Å²) in [5.74, 6) is 0.249. The number of carbonyl (C=O) groups excluding carboxylic acids is 1. The van der Waals surface area contributed by atoms with E-state index < -0.39 is 0 Å². The van der Waals surface area contributed by atoms with Crippen molar-refractivity contribution in [3.8, 4) is 0 Å². The fourth-order valence-corrected chi connectivity index (χ4v) is 2.80. The molecule has 0 saturated heterocycles. The van der Waals surface area contributed by atoms with E-state index in [1.807, 2.05) is 37.3 Å². The fraction of sp³-hybridized carbons (Fsp3) is 0.400. The molecule has 5 heteroatoms. The van der Waals surface area contributed by atoms with Crippen molar-refractivity contribution < 1.29 is 4.79 Å². The Bertz CT molecular complexity index is 563. The number of nitrogens with two attached hydrogens (primary N) is 1. The van der Waals surface area contributed by atoms with Crippen LogP contribution in [0.3, 0.4) is 0 Å². The Morgan fingerprint density at radius 2 is 2.05 bits per heavy atom. The number of hydrogen-bond acceptors (Lipinski definition) is 3. The number of halogens is 1. The van der Waals surface area contributed by atoms with Crippen LogP contribution in [0.5, 0.6) is 0 Å². The number of carbonyl (C=O) groups is 1. The second-order valence-electron chi connectivity index (χ2n) is 5.38. The SMILES string of the molecule is CC(C)C(C)(CN)NC(=O)c1cc2ccccc2s1.Cl. The van der Waals surface area contributed by atoms with E-state index in [0.29, 0.717) is 6.54 Å². The topological polar surface area (TPSA) is 55.1 Å². The predicted molar refractivity (Wildman–Crippen MR) is 88.8 cm³/mol. The van der Waals surface area contributed by atoms with Gasteiger partial charge in [0.15, 0.2) is 0 Å². The summed E-state index contributed by atoms with van der Waals surface area (Å²) in [6.07, 6.45) is 0. The van der Waals surface area contributed by atoms with Gasteiger partial charge in [0.25, 0.3) is 5.91 Å². The molecule has 0 saturated carbocycles. The number of thiophene rings is 1. The number of benzene rings is 1. The first-order valence-electron chi connectivity index (χ1n) is 6.47. The zero-order valence-corrected chi connectivity index (χ0v) is 13.6. The van der Waals surface area contributed by atoms with E-state index in [0.717, 1.165) is 15.0 Å². The van der Waals surface area contributed by atoms with Crippen molar-refractivity contribution in [2.45, 2.75) is 26.3 Å². The number of fused-ring (bicyclic) bond motifs is 1. The number of hydrogen-bond donors (Lipinski definition) is 2. The Morgan fingerprint density at radius 3 is 2.60 bits per heavy atom. The zero-order chi connectivity index (χ0) is 14.0. The van der Waals surface area contributed by atoms with Crippen LogP contribution in [-0.4, -0.2) is 18.0 Å². The van der Waals surface area contributed by atoms with Crippen LogP contribution >= 0.6 is 23.7 Å². The van der Waals surface area contributed by atoms with Crippen molar-refractivity contribution >= 4 is 39.7 Å². The summed E-state index contributed by atoms with van der Waals surface area (Å²) in [5.41, 5.74) is 5.43. The summed E-state index contributed by atoms with van der Waals surface area (Å²) in [5, 5.41) is 4.17. The summed E-state index contributed by atoms with van der Waals surface area (Å²) < 4.78 is 1.13. The van der Waals surface area contributed by atoms with Crippen molar-refractivity contribution in [3.63, 3.8) is 0 Å². The van der Waals surface area contributed by atoms with Crippen molar-refractivity contribution in [1.29, 1.82) is 0 Å². The molecule has 3 nitrogen and oxygen atoms in total. The van der Waals surface area contributed by atoms with Gasteiger partial charge in [0, 0.05) is 11.2 Å². The molecular weight excluding hydrogens is 292 g/mol. The number of rotatable bonds is 4. The van der Waals surface area contributed by atoms with Crippen LogP contribution in [-0.2, 0) is 0 Å². The maximum Gasteiger partial charge on any atom is 0.261 e. The highest BCUT2D eigenvalue weighted by atomic mass is 35.5. The molecule has 0 fully saturated rings. The highest BCUT2D eigenvalue weighted by Gasteiger charge is 2.29. The van der Waals surface area contributed by atoms with Crippen LogP contribution in [0.4, 0.5) is 0 Å². The predicted octanol–water partition coefficient (Wildman–Crippen LogP) is 3.43. The van der Waals surface area contributed by atoms with E-state index in [9.17, 15) is 4.79 Å². The molecule has 2 rings (SSSR count). The molecule has 3 N–H and O–H groups in total. The Balaban J connectivity index is 0.00000200. The van der Waals surface area contributed by atoms with Gasteiger partial charge >= 0.3 is 0 Å². The normalized spacial score (nSPS) is 13.8. The van der Waals surface area contributed by atoms with Crippen molar-refractivity contribution in [2.24, 2.45) is 11.7 Å². The van der Waals surface area contributed by atoms with Gasteiger partial charge in [0.2, 0.25) is 0 Å². The molecule has 0 aliphatic heterocycles. The van der Waals surface area contributed by atoms with Gasteiger partial charge in [-0.1, -0.05) is 32.0 Å². The van der Waals surface area contributed by atoms with Gasteiger partial charge in [-0.3, -0.25) is 4.79 Å². The fourth-order valence-electron chi connectivity index (χ4n) is 1.85. The molecule has 0 bridgehead atoms. The third-order valence-corrected chi connectivity index (χ3v) is 4.86. The molecule has 1 heterocycles. The quantitative estimate of drug-likeness (QED) is 0.908. The Hall–Kier alpha value is -1.10. The van der Waals surface area contributed by atoms with Crippen LogP contribution < -0.4 is 11.1 Å². The summed E-state index contributed by atoms with van der Waals surface area (Å²) in [7, 11) is 0. The summed E-state index contributed by atoms with van der Waals surface area (Å²) in [6, 6.07) is 9.95. The van der Waals surface area contributed by atoms with Crippen LogP contribution in [0.2, 0.25) is 0 Å². The average molecular weight is 313 g/mol. The Morgan fingerprint density at radius 1 is 1.40 bits per heavy atom. The van der Waals surface area contributed by atoms with Gasteiger partial charge < -0.3 is 11.1 Å². The molecule has 1 aromatic carbocycles. The highest BCUT2D eigenvalue weighted by molar-refractivity contribution is 7.20. The minimum Gasteiger partial charge on any atom is -0.345 e. The molecule has 0 aliphatic rings. The van der Waals surface area contributed by atoms with Gasteiger partial charge in [-0.15, -0.1) is 23.7 Å². The van der Waals surface area contributed by atoms with Gasteiger partial charge in [-0.05, 0) is 30.4 Å². The van der Waals surface area contributed by atoms with E-state index in [1.54, 1.807) is 0 Å². The summed E-state index contributed by atoms with van der Waals surface area (Å²) >= 11 is 1.52. The summed E-state index contributed by atoms with van der Waals surface area (Å²) in [6.45, 7) is 6.56. The first-order chi connectivity index (χ1) is 8.96. The lowest BCUT2D eigenvalue weighted by Crippen LogP contribution is -2.54. The third-order valence-electron chi connectivity index (χ3n) is 3.75. The molecular formula is C15H21ClN2OS. The smallest absolute Gasteiger partial charge is 0.261 e. The lowest BCUT2D eigenvalue weighted by Gasteiger charge is -2.33. The van der Waals surface area contributed by atoms with Crippen LogP contribution in [0, 0.1) is 5.92 Å². The average Bonchev–Trinajstić information content (AvgIpc) is 2.82. The van der Waals surface area contributed by atoms with Crippen molar-refractivity contribution in [1.82, 2.24) is 5.32 Å². The minimum atomic E-state index is -0.368.